The summed E-state index contributed by atoms with van der Waals surface area (Å²) in [6.45, 7) is 4.28. The Balaban J connectivity index is 1.76. The molecule has 3 rings (SSSR count). The van der Waals surface area contributed by atoms with Crippen molar-refractivity contribution in [1.82, 2.24) is 5.32 Å². The summed E-state index contributed by atoms with van der Waals surface area (Å²) in [5.74, 6) is -0.0116. The lowest BCUT2D eigenvalue weighted by atomic mass is 10.1. The molecule has 0 saturated heterocycles. The Morgan fingerprint density at radius 1 is 1.00 bits per heavy atom. The zero-order valence-corrected chi connectivity index (χ0v) is 20.9. The second-order valence-corrected chi connectivity index (χ2v) is 10.1. The number of ether oxygens (including phenoxy) is 1. The van der Waals surface area contributed by atoms with Crippen LogP contribution in [0, 0.1) is 6.92 Å². The third-order valence-electron chi connectivity index (χ3n) is 5.21. The third kappa shape index (κ3) is 6.74. The van der Waals surface area contributed by atoms with Crippen molar-refractivity contribution in [3.8, 4) is 5.75 Å². The molecule has 0 radical (unpaired) electrons. The van der Waals surface area contributed by atoms with E-state index in [1.165, 1.54) is 35.4 Å². The highest BCUT2D eigenvalue weighted by atomic mass is 35.5. The summed E-state index contributed by atoms with van der Waals surface area (Å²) in [7, 11) is -4.05. The fourth-order valence-corrected chi connectivity index (χ4v) is 4.99. The van der Waals surface area contributed by atoms with E-state index in [1.807, 2.05) is 13.8 Å². The van der Waals surface area contributed by atoms with Gasteiger partial charge in [-0.1, -0.05) is 53.6 Å². The lowest BCUT2D eigenvalue weighted by Gasteiger charge is -2.26. The van der Waals surface area contributed by atoms with Gasteiger partial charge in [-0.25, -0.2) is 8.42 Å². The minimum atomic E-state index is -4.05. The smallest absolute Gasteiger partial charge is 0.264 e. The van der Waals surface area contributed by atoms with E-state index >= 15 is 0 Å². The molecule has 0 aliphatic carbocycles. The largest absolute Gasteiger partial charge is 0.492 e. The Morgan fingerprint density at radius 2 is 1.68 bits per heavy atom. The number of carbonyl (C=O) groups is 1. The second kappa shape index (κ2) is 11.9. The number of rotatable bonds is 11. The van der Waals surface area contributed by atoms with Crippen LogP contribution in [-0.2, 0) is 21.2 Å². The maximum atomic E-state index is 13.5. The van der Waals surface area contributed by atoms with Crippen molar-refractivity contribution in [1.29, 1.82) is 0 Å². The first-order valence-electron chi connectivity index (χ1n) is 11.1. The van der Waals surface area contributed by atoms with E-state index in [0.29, 0.717) is 29.6 Å². The number of nitrogens with zero attached hydrogens (tertiary/aromatic N) is 1. The van der Waals surface area contributed by atoms with Crippen LogP contribution in [0.5, 0.6) is 5.75 Å². The van der Waals surface area contributed by atoms with Gasteiger partial charge in [-0.3, -0.25) is 9.10 Å². The highest BCUT2D eigenvalue weighted by Crippen LogP contribution is 2.32. The minimum absolute atomic E-state index is 0.0374. The van der Waals surface area contributed by atoms with Gasteiger partial charge in [0.05, 0.1) is 17.2 Å². The fraction of sp³-hybridized carbons (Fsp3) is 0.269. The van der Waals surface area contributed by atoms with Crippen LogP contribution in [0.1, 0.15) is 24.5 Å². The van der Waals surface area contributed by atoms with Crippen LogP contribution in [0.15, 0.2) is 77.7 Å². The first kappa shape index (κ1) is 25.6. The van der Waals surface area contributed by atoms with E-state index in [0.717, 1.165) is 17.1 Å². The van der Waals surface area contributed by atoms with Crippen molar-refractivity contribution < 1.29 is 17.9 Å². The van der Waals surface area contributed by atoms with Crippen LogP contribution >= 0.6 is 11.6 Å². The predicted molar refractivity (Wildman–Crippen MR) is 136 cm³/mol. The molecule has 3 aromatic carbocycles. The number of carbonyl (C=O) groups excluding carboxylic acids is 1. The molecule has 0 aromatic heterocycles. The number of aryl methyl sites for hydroxylation is 2. The average molecular weight is 501 g/mol. The van der Waals surface area contributed by atoms with Crippen molar-refractivity contribution >= 4 is 33.2 Å². The van der Waals surface area contributed by atoms with Crippen LogP contribution in [0.3, 0.4) is 0 Å². The third-order valence-corrected chi connectivity index (χ3v) is 7.23. The lowest BCUT2D eigenvalue weighted by molar-refractivity contribution is -0.119. The summed E-state index contributed by atoms with van der Waals surface area (Å²) < 4.78 is 33.8. The Hall–Kier alpha value is -3.03. The van der Waals surface area contributed by atoms with Crippen LogP contribution in [-0.4, -0.2) is 34.0 Å². The van der Waals surface area contributed by atoms with Gasteiger partial charge in [0.15, 0.2) is 0 Å². The SMILES string of the molecule is CCOc1ccccc1N(CC(=O)NCCCc1ccc(C)cc1)S(=O)(=O)c1ccc(Cl)cc1. The van der Waals surface area contributed by atoms with E-state index in [4.69, 9.17) is 16.3 Å². The fourth-order valence-electron chi connectivity index (χ4n) is 3.44. The highest BCUT2D eigenvalue weighted by molar-refractivity contribution is 7.92. The summed E-state index contributed by atoms with van der Waals surface area (Å²) in [6, 6.07) is 20.9. The first-order valence-corrected chi connectivity index (χ1v) is 13.0. The number of halogens is 1. The van der Waals surface area contributed by atoms with Crippen LogP contribution in [0.2, 0.25) is 5.02 Å². The van der Waals surface area contributed by atoms with Gasteiger partial charge in [0.1, 0.15) is 12.3 Å². The Labute approximate surface area is 206 Å². The van der Waals surface area contributed by atoms with Gasteiger partial charge >= 0.3 is 0 Å². The molecule has 3 aromatic rings. The molecule has 0 bridgehead atoms. The van der Waals surface area contributed by atoms with E-state index in [-0.39, 0.29) is 11.4 Å². The monoisotopic (exact) mass is 500 g/mol. The van der Waals surface area contributed by atoms with Gasteiger partial charge in [0.2, 0.25) is 5.91 Å². The van der Waals surface area contributed by atoms with Crippen molar-refractivity contribution in [3.63, 3.8) is 0 Å². The van der Waals surface area contributed by atoms with E-state index in [2.05, 4.69) is 29.6 Å². The van der Waals surface area contributed by atoms with Crippen LogP contribution in [0.4, 0.5) is 5.69 Å². The maximum Gasteiger partial charge on any atom is 0.264 e. The van der Waals surface area contributed by atoms with E-state index in [1.54, 1.807) is 24.3 Å². The van der Waals surface area contributed by atoms with Crippen molar-refractivity contribution in [2.24, 2.45) is 0 Å². The standard InChI is InChI=1S/C26H29ClN2O4S/c1-3-33-25-9-5-4-8-24(25)29(34(31,32)23-16-14-22(27)15-17-23)19-26(30)28-18-6-7-21-12-10-20(2)11-13-21/h4-5,8-17H,3,6-7,18-19H2,1-2H3,(H,28,30). The molecule has 0 spiro atoms. The number of sulfonamides is 1. The van der Waals surface area contributed by atoms with Gasteiger partial charge in [0, 0.05) is 11.6 Å². The lowest BCUT2D eigenvalue weighted by Crippen LogP contribution is -2.41. The maximum absolute atomic E-state index is 13.5. The van der Waals surface area contributed by atoms with Crippen molar-refractivity contribution in [3.05, 3.63) is 88.9 Å². The number of para-hydroxylation sites is 2. The van der Waals surface area contributed by atoms with Gasteiger partial charge in [-0.2, -0.15) is 0 Å². The minimum Gasteiger partial charge on any atom is -0.492 e. The molecule has 0 unspecified atom stereocenters. The molecule has 1 N–H and O–H groups in total. The Kier molecular flexibility index (Phi) is 8.96. The summed E-state index contributed by atoms with van der Waals surface area (Å²) in [5.41, 5.74) is 2.69. The second-order valence-electron chi connectivity index (χ2n) is 7.81. The van der Waals surface area contributed by atoms with Crippen molar-refractivity contribution in [2.75, 3.05) is 24.0 Å². The number of benzene rings is 3. The molecule has 6 nitrogen and oxygen atoms in total. The normalized spacial score (nSPS) is 11.1. The molecule has 34 heavy (non-hydrogen) atoms. The number of nitrogens with one attached hydrogen (secondary N) is 1. The molecule has 8 heteroatoms. The van der Waals surface area contributed by atoms with Crippen molar-refractivity contribution in [2.45, 2.75) is 31.6 Å². The first-order chi connectivity index (χ1) is 16.3. The van der Waals surface area contributed by atoms with Gasteiger partial charge < -0.3 is 10.1 Å². The van der Waals surface area contributed by atoms with Gasteiger partial charge in [-0.05, 0) is 68.7 Å². The molecule has 0 saturated carbocycles. The molecule has 0 atom stereocenters. The Morgan fingerprint density at radius 3 is 2.35 bits per heavy atom. The zero-order valence-electron chi connectivity index (χ0n) is 19.3. The summed E-state index contributed by atoms with van der Waals surface area (Å²) >= 11 is 5.94. The molecular formula is C26H29ClN2O4S. The predicted octanol–water partition coefficient (Wildman–Crippen LogP) is 4.99. The summed E-state index contributed by atoms with van der Waals surface area (Å²) in [5, 5.41) is 3.26. The van der Waals surface area contributed by atoms with Crippen LogP contribution < -0.4 is 14.4 Å². The molecule has 0 heterocycles. The number of hydrogen-bond donors (Lipinski definition) is 1. The zero-order chi connectivity index (χ0) is 24.6. The van der Waals surface area contributed by atoms with Gasteiger partial charge in [0.25, 0.3) is 10.0 Å². The average Bonchev–Trinajstić information content (AvgIpc) is 2.82. The van der Waals surface area contributed by atoms with E-state index in [9.17, 15) is 13.2 Å². The number of hydrogen-bond acceptors (Lipinski definition) is 4. The molecule has 1 amide bonds. The number of anilines is 1. The summed E-state index contributed by atoms with van der Waals surface area (Å²) in [6.07, 6.45) is 1.56. The quantitative estimate of drug-likeness (QED) is 0.376. The highest BCUT2D eigenvalue weighted by Gasteiger charge is 2.29. The molecule has 180 valence electrons. The molecular weight excluding hydrogens is 472 g/mol. The summed E-state index contributed by atoms with van der Waals surface area (Å²) in [4.78, 5) is 12.8. The topological polar surface area (TPSA) is 75.7 Å². The molecule has 0 aliphatic heterocycles. The number of amides is 1. The van der Waals surface area contributed by atoms with Gasteiger partial charge in [-0.15, -0.1) is 0 Å². The Bertz CT molecular complexity index is 1200. The molecule has 0 fully saturated rings. The van der Waals surface area contributed by atoms with E-state index < -0.39 is 15.9 Å². The van der Waals surface area contributed by atoms with Crippen LogP contribution in [0.25, 0.3) is 0 Å². The molecule has 0 aliphatic rings.